The Morgan fingerprint density at radius 1 is 1.19 bits per heavy atom. The number of benzene rings is 2. The van der Waals surface area contributed by atoms with Crippen LogP contribution in [0.15, 0.2) is 36.4 Å². The Hall–Kier alpha value is -2.57. The number of ether oxygens (including phenoxy) is 1. The number of hydrogen-bond donors (Lipinski definition) is 1. The summed E-state index contributed by atoms with van der Waals surface area (Å²) < 4.78 is 61.0. The first kappa shape index (κ1) is 20.7. The van der Waals surface area contributed by atoms with Crippen molar-refractivity contribution >= 4 is 5.97 Å². The van der Waals surface area contributed by atoms with E-state index in [0.29, 0.717) is 6.07 Å². The van der Waals surface area contributed by atoms with Crippen LogP contribution < -0.4 is 0 Å². The summed E-state index contributed by atoms with van der Waals surface area (Å²) in [7, 11) is 1.04. The summed E-state index contributed by atoms with van der Waals surface area (Å²) in [4.78, 5) is 12.2. The predicted octanol–water partition coefficient (Wildman–Crippen LogP) is 5.52. The molecular weight excluding hydrogens is 364 g/mol. The first-order valence-corrected chi connectivity index (χ1v) is 8.33. The van der Waals surface area contributed by atoms with E-state index in [1.807, 2.05) is 0 Å². The highest BCUT2D eigenvalue weighted by Gasteiger charge is 2.43. The summed E-state index contributed by atoms with van der Waals surface area (Å²) in [5, 5.41) is 10.2. The molecule has 2 aromatic carbocycles. The molecule has 2 aromatic rings. The minimum atomic E-state index is -4.92. The number of carbonyl (C=O) groups excluding carboxylic acids is 1. The average molecular weight is 384 g/mol. The van der Waals surface area contributed by atoms with Gasteiger partial charge in [0, 0.05) is 5.56 Å². The molecule has 0 saturated heterocycles. The fourth-order valence-corrected chi connectivity index (χ4v) is 3.10. The maximum absolute atomic E-state index is 14.4. The van der Waals surface area contributed by atoms with Crippen molar-refractivity contribution in [2.45, 2.75) is 32.4 Å². The van der Waals surface area contributed by atoms with Crippen LogP contribution in [0.2, 0.25) is 0 Å². The molecule has 0 aromatic heterocycles. The van der Waals surface area contributed by atoms with E-state index >= 15 is 0 Å². The Bertz CT molecular complexity index is 814. The van der Waals surface area contributed by atoms with Crippen molar-refractivity contribution in [1.29, 1.82) is 0 Å². The lowest BCUT2D eigenvalue weighted by atomic mass is 9.83. The summed E-state index contributed by atoms with van der Waals surface area (Å²) in [6.07, 6.45) is -4.96. The van der Waals surface area contributed by atoms with Gasteiger partial charge in [-0.05, 0) is 29.5 Å². The minimum absolute atomic E-state index is 0.0407. The van der Waals surface area contributed by atoms with Crippen molar-refractivity contribution in [1.82, 2.24) is 0 Å². The molecule has 0 aliphatic rings. The molecule has 0 fully saturated rings. The SMILES string of the molecule is COC(=O)[C@@H](CC(C)C)c1c(O)c(F)cc(-c2ccccc2)c1C(F)(F)F. The maximum atomic E-state index is 14.4. The molecular formula is C20H20F4O3. The van der Waals surface area contributed by atoms with Gasteiger partial charge >= 0.3 is 12.1 Å². The highest BCUT2D eigenvalue weighted by atomic mass is 19.4. The fourth-order valence-electron chi connectivity index (χ4n) is 3.10. The zero-order valence-corrected chi connectivity index (χ0v) is 15.1. The summed E-state index contributed by atoms with van der Waals surface area (Å²) in [5.41, 5.74) is -2.34. The Kier molecular flexibility index (Phi) is 6.13. The molecule has 7 heteroatoms. The fraction of sp³-hybridized carbons (Fsp3) is 0.350. The van der Waals surface area contributed by atoms with E-state index in [1.165, 1.54) is 24.3 Å². The number of methoxy groups -OCH3 is 1. The number of alkyl halides is 3. The number of esters is 1. The molecule has 0 aliphatic carbocycles. The molecule has 0 spiro atoms. The standard InChI is InChI=1S/C20H20F4O3/c1-11(2)9-14(19(26)27-3)16-17(20(22,23)24)13(10-15(21)18(16)25)12-7-5-4-6-8-12/h4-8,10-11,14,25H,9H2,1-3H3/t14-/m0/s1. The van der Waals surface area contributed by atoms with Gasteiger partial charge in [0.05, 0.1) is 18.6 Å². The summed E-state index contributed by atoms with van der Waals surface area (Å²) in [6.45, 7) is 3.41. The van der Waals surface area contributed by atoms with Crippen molar-refractivity contribution in [2.24, 2.45) is 5.92 Å². The van der Waals surface area contributed by atoms with Gasteiger partial charge < -0.3 is 9.84 Å². The number of aromatic hydroxyl groups is 1. The van der Waals surface area contributed by atoms with E-state index < -0.39 is 46.3 Å². The monoisotopic (exact) mass is 384 g/mol. The number of phenols is 1. The van der Waals surface area contributed by atoms with Crippen LogP contribution >= 0.6 is 0 Å². The van der Waals surface area contributed by atoms with Gasteiger partial charge in [-0.25, -0.2) is 4.39 Å². The van der Waals surface area contributed by atoms with Gasteiger partial charge in [0.1, 0.15) is 0 Å². The largest absolute Gasteiger partial charge is 0.505 e. The van der Waals surface area contributed by atoms with E-state index in [4.69, 9.17) is 0 Å². The van der Waals surface area contributed by atoms with Crippen molar-refractivity contribution in [2.75, 3.05) is 7.11 Å². The molecule has 1 N–H and O–H groups in total. The zero-order chi connectivity index (χ0) is 20.4. The van der Waals surface area contributed by atoms with Crippen LogP contribution in [0.1, 0.15) is 37.3 Å². The summed E-state index contributed by atoms with van der Waals surface area (Å²) in [5.74, 6) is -5.02. The van der Waals surface area contributed by atoms with E-state index in [9.17, 15) is 27.5 Å². The first-order valence-electron chi connectivity index (χ1n) is 8.33. The molecule has 2 rings (SSSR count). The second-order valence-corrected chi connectivity index (χ2v) is 6.61. The van der Waals surface area contributed by atoms with Crippen molar-refractivity contribution < 1.29 is 32.2 Å². The van der Waals surface area contributed by atoms with Crippen LogP contribution in [-0.2, 0) is 15.7 Å². The Labute approximate surface area is 154 Å². The van der Waals surface area contributed by atoms with Crippen LogP contribution in [0.25, 0.3) is 11.1 Å². The minimum Gasteiger partial charge on any atom is -0.505 e. The Morgan fingerprint density at radius 3 is 2.26 bits per heavy atom. The quantitative estimate of drug-likeness (QED) is 0.545. The van der Waals surface area contributed by atoms with Crippen LogP contribution in [0.3, 0.4) is 0 Å². The first-order chi connectivity index (χ1) is 12.6. The topological polar surface area (TPSA) is 46.5 Å². The molecule has 146 valence electrons. The second-order valence-electron chi connectivity index (χ2n) is 6.61. The second kappa shape index (κ2) is 7.98. The Morgan fingerprint density at radius 2 is 1.78 bits per heavy atom. The van der Waals surface area contributed by atoms with E-state index in [1.54, 1.807) is 19.9 Å². The van der Waals surface area contributed by atoms with Crippen molar-refractivity contribution in [3.63, 3.8) is 0 Å². The molecule has 0 saturated carbocycles. The molecule has 0 radical (unpaired) electrons. The highest BCUT2D eigenvalue weighted by molar-refractivity contribution is 5.82. The van der Waals surface area contributed by atoms with Crippen molar-refractivity contribution in [3.8, 4) is 16.9 Å². The maximum Gasteiger partial charge on any atom is 0.417 e. The molecule has 1 atom stereocenters. The van der Waals surface area contributed by atoms with Gasteiger partial charge in [-0.2, -0.15) is 13.2 Å². The third-order valence-corrected chi connectivity index (χ3v) is 4.20. The molecule has 0 unspecified atom stereocenters. The molecule has 0 bridgehead atoms. The molecule has 0 heterocycles. The smallest absolute Gasteiger partial charge is 0.417 e. The number of halogens is 4. The normalized spacial score (nSPS) is 12.9. The van der Waals surface area contributed by atoms with E-state index in [2.05, 4.69) is 4.74 Å². The van der Waals surface area contributed by atoms with Gasteiger partial charge in [-0.1, -0.05) is 44.2 Å². The lowest BCUT2D eigenvalue weighted by Gasteiger charge is -2.25. The van der Waals surface area contributed by atoms with Crippen LogP contribution in [0, 0.1) is 11.7 Å². The van der Waals surface area contributed by atoms with Gasteiger partial charge in [-0.15, -0.1) is 0 Å². The number of carbonyl (C=O) groups is 1. The third kappa shape index (κ3) is 4.40. The average Bonchev–Trinajstić information content (AvgIpc) is 2.60. The lowest BCUT2D eigenvalue weighted by molar-refractivity contribution is -0.144. The lowest BCUT2D eigenvalue weighted by Crippen LogP contribution is -2.22. The zero-order valence-electron chi connectivity index (χ0n) is 15.1. The Balaban J connectivity index is 2.90. The molecule has 27 heavy (non-hydrogen) atoms. The third-order valence-electron chi connectivity index (χ3n) is 4.20. The predicted molar refractivity (Wildman–Crippen MR) is 92.7 cm³/mol. The van der Waals surface area contributed by atoms with Gasteiger partial charge in [0.15, 0.2) is 11.6 Å². The summed E-state index contributed by atoms with van der Waals surface area (Å²) >= 11 is 0. The molecule has 3 nitrogen and oxygen atoms in total. The van der Waals surface area contributed by atoms with Crippen LogP contribution in [0.4, 0.5) is 17.6 Å². The van der Waals surface area contributed by atoms with Crippen molar-refractivity contribution in [3.05, 3.63) is 53.3 Å². The van der Waals surface area contributed by atoms with Crippen LogP contribution in [-0.4, -0.2) is 18.2 Å². The van der Waals surface area contributed by atoms with Gasteiger partial charge in [-0.3, -0.25) is 4.79 Å². The van der Waals surface area contributed by atoms with Crippen LogP contribution in [0.5, 0.6) is 5.75 Å². The highest BCUT2D eigenvalue weighted by Crippen LogP contribution is 2.47. The van der Waals surface area contributed by atoms with Gasteiger partial charge in [0.2, 0.25) is 0 Å². The molecule has 0 aliphatic heterocycles. The summed E-state index contributed by atoms with van der Waals surface area (Å²) in [6, 6.07) is 8.10. The number of phenolic OH excluding ortho intramolecular Hbond substituents is 1. The number of hydrogen-bond acceptors (Lipinski definition) is 3. The van der Waals surface area contributed by atoms with E-state index in [0.717, 1.165) is 7.11 Å². The number of rotatable bonds is 5. The molecule has 0 amide bonds. The van der Waals surface area contributed by atoms with E-state index in [-0.39, 0.29) is 17.9 Å². The van der Waals surface area contributed by atoms with Gasteiger partial charge in [0.25, 0.3) is 0 Å².